The second kappa shape index (κ2) is 9.04. The van der Waals surface area contributed by atoms with Crippen LogP contribution in [0.25, 0.3) is 10.8 Å². The first-order valence-electron chi connectivity index (χ1n) is 10.3. The maximum Gasteiger partial charge on any atom is 0.308 e. The maximum atomic E-state index is 12.8. The summed E-state index contributed by atoms with van der Waals surface area (Å²) in [6.45, 7) is 1.45. The van der Waals surface area contributed by atoms with Gasteiger partial charge in [-0.15, -0.1) is 0 Å². The van der Waals surface area contributed by atoms with Crippen molar-refractivity contribution in [3.05, 3.63) is 60.4 Å². The lowest BCUT2D eigenvalue weighted by Crippen LogP contribution is -2.36. The highest BCUT2D eigenvalue weighted by atomic mass is 16.5. The number of nitrogens with one attached hydrogen (secondary N) is 1. The molecule has 0 radical (unpaired) electrons. The normalized spacial score (nSPS) is 14.3. The first-order chi connectivity index (χ1) is 15.1. The van der Waals surface area contributed by atoms with Crippen LogP contribution in [0.1, 0.15) is 23.3 Å². The van der Waals surface area contributed by atoms with Gasteiger partial charge in [0, 0.05) is 35.7 Å². The minimum absolute atomic E-state index is 0.0749. The van der Waals surface area contributed by atoms with Crippen LogP contribution in [0, 0.1) is 5.92 Å². The lowest BCUT2D eigenvalue weighted by molar-refractivity contribution is -0.146. The Morgan fingerprint density at radius 3 is 2.52 bits per heavy atom. The smallest absolute Gasteiger partial charge is 0.308 e. The summed E-state index contributed by atoms with van der Waals surface area (Å²) in [6.07, 6.45) is 3.04. The molecule has 0 saturated carbocycles. The Bertz CT molecular complexity index is 1090. The molecule has 3 aromatic rings. The number of pyridine rings is 1. The van der Waals surface area contributed by atoms with Crippen molar-refractivity contribution in [2.45, 2.75) is 12.8 Å². The lowest BCUT2D eigenvalue weighted by atomic mass is 9.95. The number of hydrogen-bond donors (Lipinski definition) is 1. The molecular formula is C24H25N3O4. The topological polar surface area (TPSA) is 80.8 Å². The fraction of sp³-hybridized carbons (Fsp3) is 0.292. The number of amides is 1. The number of rotatable bonds is 5. The minimum Gasteiger partial charge on any atom is -0.496 e. The Morgan fingerprint density at radius 2 is 1.84 bits per heavy atom. The van der Waals surface area contributed by atoms with E-state index in [1.807, 2.05) is 30.3 Å². The fourth-order valence-corrected chi connectivity index (χ4v) is 4.11. The van der Waals surface area contributed by atoms with Crippen LogP contribution in [0.4, 0.5) is 11.4 Å². The Hall–Kier alpha value is -3.61. The third-order valence-electron chi connectivity index (χ3n) is 5.71. The Labute approximate surface area is 181 Å². The van der Waals surface area contributed by atoms with Crippen molar-refractivity contribution in [2.24, 2.45) is 5.92 Å². The summed E-state index contributed by atoms with van der Waals surface area (Å²) < 4.78 is 10.5. The van der Waals surface area contributed by atoms with Gasteiger partial charge < -0.3 is 19.7 Å². The molecule has 2 aromatic carbocycles. The zero-order valence-corrected chi connectivity index (χ0v) is 17.6. The third-order valence-corrected chi connectivity index (χ3v) is 5.71. The first kappa shape index (κ1) is 20.7. The van der Waals surface area contributed by atoms with E-state index in [9.17, 15) is 9.59 Å². The molecule has 0 unspecified atom stereocenters. The number of carbonyl (C=O) groups is 2. The molecule has 1 fully saturated rings. The number of fused-ring (bicyclic) bond motifs is 1. The summed E-state index contributed by atoms with van der Waals surface area (Å²) in [5, 5.41) is 4.83. The average molecular weight is 419 g/mol. The van der Waals surface area contributed by atoms with Gasteiger partial charge in [-0.05, 0) is 43.2 Å². The molecular weight excluding hydrogens is 394 g/mol. The van der Waals surface area contributed by atoms with Crippen LogP contribution in [0.3, 0.4) is 0 Å². The van der Waals surface area contributed by atoms with Gasteiger partial charge in [0.1, 0.15) is 11.4 Å². The summed E-state index contributed by atoms with van der Waals surface area (Å²) in [5.41, 5.74) is 2.04. The third kappa shape index (κ3) is 4.17. The molecule has 1 N–H and O–H groups in total. The lowest BCUT2D eigenvalue weighted by Gasteiger charge is -2.33. The summed E-state index contributed by atoms with van der Waals surface area (Å²) in [7, 11) is 3.07. The zero-order chi connectivity index (χ0) is 21.8. The number of nitrogens with zero attached hydrogens (tertiary/aromatic N) is 2. The van der Waals surface area contributed by atoms with Crippen LogP contribution in [-0.4, -0.2) is 44.2 Å². The first-order valence-corrected chi connectivity index (χ1v) is 10.3. The second-order valence-electron chi connectivity index (χ2n) is 7.47. The summed E-state index contributed by atoms with van der Waals surface area (Å²) in [5.74, 6) is 0.236. The monoisotopic (exact) mass is 419 g/mol. The number of benzene rings is 2. The van der Waals surface area contributed by atoms with Crippen molar-refractivity contribution in [1.29, 1.82) is 0 Å². The van der Waals surface area contributed by atoms with Crippen LogP contribution in [0.15, 0.2) is 54.7 Å². The summed E-state index contributed by atoms with van der Waals surface area (Å²) in [6, 6.07) is 14.9. The highest BCUT2D eigenvalue weighted by Gasteiger charge is 2.27. The van der Waals surface area contributed by atoms with Crippen LogP contribution in [0.5, 0.6) is 5.75 Å². The van der Waals surface area contributed by atoms with Crippen molar-refractivity contribution in [2.75, 3.05) is 37.5 Å². The standard InChI is InChI=1S/C24H25N3O4/c1-30-21-10-9-20(27-14-11-16(12-15-27)24(29)31-2)22-17(21)6-5-8-18(22)26-23(28)19-7-3-4-13-25-19/h3-10,13,16H,11-12,14-15H2,1-2H3,(H,26,28). The Morgan fingerprint density at radius 1 is 1.03 bits per heavy atom. The average Bonchev–Trinajstić information content (AvgIpc) is 2.83. The molecule has 4 rings (SSSR count). The highest BCUT2D eigenvalue weighted by molar-refractivity contribution is 6.13. The predicted octanol–water partition coefficient (Wildman–Crippen LogP) is 3.89. The van der Waals surface area contributed by atoms with Crippen LogP contribution >= 0.6 is 0 Å². The van der Waals surface area contributed by atoms with Gasteiger partial charge in [-0.2, -0.15) is 0 Å². The van der Waals surface area contributed by atoms with Gasteiger partial charge in [0.2, 0.25) is 0 Å². The SMILES string of the molecule is COC(=O)C1CCN(c2ccc(OC)c3cccc(NC(=O)c4ccccn4)c23)CC1. The van der Waals surface area contributed by atoms with Gasteiger partial charge in [-0.3, -0.25) is 14.6 Å². The quantitative estimate of drug-likeness (QED) is 0.632. The van der Waals surface area contributed by atoms with Crippen molar-refractivity contribution in [1.82, 2.24) is 4.98 Å². The van der Waals surface area contributed by atoms with E-state index in [0.717, 1.165) is 48.1 Å². The van der Waals surface area contributed by atoms with E-state index in [0.29, 0.717) is 11.4 Å². The molecule has 0 atom stereocenters. The van der Waals surface area contributed by atoms with Crippen molar-refractivity contribution < 1.29 is 19.1 Å². The summed E-state index contributed by atoms with van der Waals surface area (Å²) in [4.78, 5) is 31.1. The van der Waals surface area contributed by atoms with Crippen molar-refractivity contribution in [3.63, 3.8) is 0 Å². The predicted molar refractivity (Wildman–Crippen MR) is 120 cm³/mol. The molecule has 1 aliphatic heterocycles. The zero-order valence-electron chi connectivity index (χ0n) is 17.6. The highest BCUT2D eigenvalue weighted by Crippen LogP contribution is 2.40. The molecule has 1 aliphatic rings. The Balaban J connectivity index is 1.71. The molecule has 0 aliphatic carbocycles. The van der Waals surface area contributed by atoms with Crippen molar-refractivity contribution >= 4 is 34.0 Å². The van der Waals surface area contributed by atoms with E-state index in [2.05, 4.69) is 15.2 Å². The number of esters is 1. The molecule has 1 aromatic heterocycles. The number of ether oxygens (including phenoxy) is 2. The van der Waals surface area contributed by atoms with Gasteiger partial charge in [0.05, 0.1) is 25.8 Å². The van der Waals surface area contributed by atoms with Gasteiger partial charge in [0.15, 0.2) is 0 Å². The maximum absolute atomic E-state index is 12.8. The van der Waals surface area contributed by atoms with Crippen molar-refractivity contribution in [3.8, 4) is 5.75 Å². The van der Waals surface area contributed by atoms with E-state index >= 15 is 0 Å². The molecule has 31 heavy (non-hydrogen) atoms. The number of hydrogen-bond acceptors (Lipinski definition) is 6. The molecule has 0 bridgehead atoms. The molecule has 2 heterocycles. The van der Waals surface area contributed by atoms with E-state index in [1.165, 1.54) is 7.11 Å². The van der Waals surface area contributed by atoms with E-state index in [4.69, 9.17) is 9.47 Å². The number of anilines is 2. The van der Waals surface area contributed by atoms with E-state index < -0.39 is 0 Å². The van der Waals surface area contributed by atoms with Gasteiger partial charge in [0.25, 0.3) is 5.91 Å². The van der Waals surface area contributed by atoms with Gasteiger partial charge in [-0.1, -0.05) is 18.2 Å². The number of carbonyl (C=O) groups excluding carboxylic acids is 2. The minimum atomic E-state index is -0.272. The Kier molecular flexibility index (Phi) is 6.02. The largest absolute Gasteiger partial charge is 0.496 e. The molecule has 160 valence electrons. The molecule has 0 spiro atoms. The number of aromatic nitrogens is 1. The number of piperidine rings is 1. The van der Waals surface area contributed by atoms with Gasteiger partial charge >= 0.3 is 5.97 Å². The van der Waals surface area contributed by atoms with Crippen LogP contribution in [-0.2, 0) is 9.53 Å². The second-order valence-corrected chi connectivity index (χ2v) is 7.47. The van der Waals surface area contributed by atoms with E-state index in [1.54, 1.807) is 31.5 Å². The fourth-order valence-electron chi connectivity index (χ4n) is 4.11. The van der Waals surface area contributed by atoms with Gasteiger partial charge in [-0.25, -0.2) is 0 Å². The molecule has 1 amide bonds. The van der Waals surface area contributed by atoms with Crippen LogP contribution in [0.2, 0.25) is 0 Å². The molecule has 1 saturated heterocycles. The van der Waals surface area contributed by atoms with Crippen LogP contribution < -0.4 is 15.0 Å². The molecule has 7 nitrogen and oxygen atoms in total. The molecule has 7 heteroatoms. The summed E-state index contributed by atoms with van der Waals surface area (Å²) >= 11 is 0. The van der Waals surface area contributed by atoms with E-state index in [-0.39, 0.29) is 17.8 Å². The number of methoxy groups -OCH3 is 2.